The van der Waals surface area contributed by atoms with Gasteiger partial charge in [-0.15, -0.1) is 0 Å². The molecule has 0 aromatic heterocycles. The lowest BCUT2D eigenvalue weighted by atomic mass is 9.74. The average Bonchev–Trinajstić information content (AvgIpc) is 3.79. The average molecular weight is 820 g/mol. The molecule has 1 unspecified atom stereocenters. The van der Waals surface area contributed by atoms with E-state index in [-0.39, 0.29) is 5.41 Å². The molecular formula is C61H45NSi. The summed E-state index contributed by atoms with van der Waals surface area (Å²) >= 11 is 0. The van der Waals surface area contributed by atoms with E-state index in [1.54, 1.807) is 0 Å². The minimum atomic E-state index is -2.77. The number of rotatable bonds is 7. The van der Waals surface area contributed by atoms with E-state index in [9.17, 15) is 0 Å². The first-order valence-corrected chi connectivity index (χ1v) is 24.1. The second-order valence-corrected chi connectivity index (χ2v) is 21.2. The first kappa shape index (κ1) is 37.3. The van der Waals surface area contributed by atoms with Gasteiger partial charge >= 0.3 is 0 Å². The molecule has 2 heteroatoms. The smallest absolute Gasteiger partial charge is 0.180 e. The topological polar surface area (TPSA) is 3.24 Å². The monoisotopic (exact) mass is 819 g/mol. The molecule has 0 N–H and O–H groups in total. The predicted octanol–water partition coefficient (Wildman–Crippen LogP) is 13.0. The van der Waals surface area contributed by atoms with Crippen molar-refractivity contribution in [1.29, 1.82) is 0 Å². The Morgan fingerprint density at radius 2 is 0.937 bits per heavy atom. The summed E-state index contributed by atoms with van der Waals surface area (Å²) < 4.78 is 0. The van der Waals surface area contributed by atoms with E-state index in [1.165, 1.54) is 87.2 Å². The van der Waals surface area contributed by atoms with E-state index >= 15 is 0 Å². The van der Waals surface area contributed by atoms with Gasteiger partial charge in [0.05, 0.1) is 0 Å². The van der Waals surface area contributed by atoms with Crippen LogP contribution in [0.15, 0.2) is 237 Å². The van der Waals surface area contributed by atoms with Crippen LogP contribution in [-0.2, 0) is 5.41 Å². The Morgan fingerprint density at radius 3 is 1.68 bits per heavy atom. The number of aryl methyl sites for hydroxylation is 1. The fourth-order valence-corrected chi connectivity index (χ4v) is 16.4. The number of benzene rings is 10. The lowest BCUT2D eigenvalue weighted by Crippen LogP contribution is -2.72. The molecule has 1 aliphatic heterocycles. The Bertz CT molecular complexity index is 3340. The number of fused-ring (bicyclic) bond motifs is 7. The van der Waals surface area contributed by atoms with Crippen molar-refractivity contribution in [2.24, 2.45) is 0 Å². The first-order valence-electron chi connectivity index (χ1n) is 22.1. The van der Waals surface area contributed by atoms with Crippen LogP contribution in [0.5, 0.6) is 0 Å². The van der Waals surface area contributed by atoms with Crippen molar-refractivity contribution in [3.05, 3.63) is 259 Å². The van der Waals surface area contributed by atoms with Crippen LogP contribution < -0.4 is 25.6 Å². The maximum Gasteiger partial charge on any atom is 0.180 e. The Hall–Kier alpha value is -7.52. The van der Waals surface area contributed by atoms with E-state index in [2.05, 4.69) is 255 Å². The van der Waals surface area contributed by atoms with Crippen molar-refractivity contribution >= 4 is 56.7 Å². The Kier molecular flexibility index (Phi) is 8.60. The van der Waals surface area contributed by atoms with Crippen molar-refractivity contribution in [1.82, 2.24) is 0 Å². The van der Waals surface area contributed by atoms with Crippen molar-refractivity contribution < 1.29 is 0 Å². The molecule has 2 aliphatic rings. The largest absolute Gasteiger partial charge is 0.310 e. The van der Waals surface area contributed by atoms with Crippen LogP contribution in [0.1, 0.15) is 29.2 Å². The Balaban J connectivity index is 1.08. The maximum absolute atomic E-state index is 2.77. The van der Waals surface area contributed by atoms with Crippen LogP contribution in [-0.4, -0.2) is 8.07 Å². The van der Waals surface area contributed by atoms with Gasteiger partial charge in [-0.1, -0.05) is 200 Å². The molecule has 12 rings (SSSR count). The highest BCUT2D eigenvalue weighted by molar-refractivity contribution is 7.22. The molecule has 10 aromatic carbocycles. The van der Waals surface area contributed by atoms with Gasteiger partial charge < -0.3 is 4.90 Å². The molecule has 0 saturated heterocycles. The van der Waals surface area contributed by atoms with Gasteiger partial charge in [-0.3, -0.25) is 0 Å². The van der Waals surface area contributed by atoms with Gasteiger partial charge in [-0.2, -0.15) is 0 Å². The summed E-state index contributed by atoms with van der Waals surface area (Å²) in [5.74, 6) is 0. The summed E-state index contributed by atoms with van der Waals surface area (Å²) in [6.45, 7) is 4.64. The van der Waals surface area contributed by atoms with Crippen LogP contribution in [0, 0.1) is 6.92 Å². The molecule has 10 aromatic rings. The number of anilines is 3. The van der Waals surface area contributed by atoms with E-state index in [1.807, 2.05) is 0 Å². The fraction of sp³-hybridized carbons (Fsp3) is 0.0492. The normalized spacial score (nSPS) is 15.3. The minimum Gasteiger partial charge on any atom is -0.310 e. The van der Waals surface area contributed by atoms with E-state index < -0.39 is 8.07 Å². The van der Waals surface area contributed by atoms with Crippen LogP contribution in [0.25, 0.3) is 44.2 Å². The molecule has 0 amide bonds. The van der Waals surface area contributed by atoms with Gasteiger partial charge in [-0.05, 0) is 138 Å². The van der Waals surface area contributed by atoms with E-state index in [4.69, 9.17) is 0 Å². The summed E-state index contributed by atoms with van der Waals surface area (Å²) in [6, 6.07) is 89.0. The van der Waals surface area contributed by atoms with Crippen LogP contribution in [0.2, 0.25) is 0 Å². The van der Waals surface area contributed by atoms with Gasteiger partial charge in [0.1, 0.15) is 0 Å². The minimum absolute atomic E-state index is 0.323. The van der Waals surface area contributed by atoms with Crippen molar-refractivity contribution in [3.63, 3.8) is 0 Å². The quantitative estimate of drug-likeness (QED) is 0.145. The third-order valence-electron chi connectivity index (χ3n) is 14.1. The highest BCUT2D eigenvalue weighted by Crippen LogP contribution is 2.54. The molecule has 1 aliphatic carbocycles. The van der Waals surface area contributed by atoms with Crippen molar-refractivity contribution in [2.75, 3.05) is 4.90 Å². The fourth-order valence-electron chi connectivity index (χ4n) is 11.1. The van der Waals surface area contributed by atoms with Crippen LogP contribution >= 0.6 is 0 Å². The molecule has 0 bridgehead atoms. The van der Waals surface area contributed by atoms with Gasteiger partial charge in [-0.25, -0.2) is 0 Å². The zero-order valence-electron chi connectivity index (χ0n) is 35.5. The zero-order valence-corrected chi connectivity index (χ0v) is 36.5. The molecular weight excluding hydrogens is 775 g/mol. The Labute approximate surface area is 371 Å². The lowest BCUT2D eigenvalue weighted by Gasteiger charge is -2.34. The maximum atomic E-state index is 2.52. The second-order valence-electron chi connectivity index (χ2n) is 17.5. The molecule has 298 valence electrons. The molecule has 63 heavy (non-hydrogen) atoms. The van der Waals surface area contributed by atoms with Gasteiger partial charge in [0.15, 0.2) is 8.07 Å². The number of hydrogen-bond acceptors (Lipinski definition) is 1. The zero-order chi connectivity index (χ0) is 42.1. The van der Waals surface area contributed by atoms with Crippen molar-refractivity contribution in [3.8, 4) is 33.4 Å². The summed E-state index contributed by atoms with van der Waals surface area (Å²) in [6.07, 6.45) is 0. The lowest BCUT2D eigenvalue weighted by molar-refractivity contribution is 0.714. The van der Waals surface area contributed by atoms with E-state index in [0.717, 1.165) is 17.1 Å². The van der Waals surface area contributed by atoms with Crippen LogP contribution in [0.3, 0.4) is 0 Å². The molecule has 0 spiro atoms. The van der Waals surface area contributed by atoms with Gasteiger partial charge in [0.2, 0.25) is 0 Å². The molecule has 1 nitrogen and oxygen atoms in total. The van der Waals surface area contributed by atoms with Crippen molar-refractivity contribution in [2.45, 2.75) is 19.3 Å². The summed E-state index contributed by atoms with van der Waals surface area (Å²) in [7, 11) is -2.77. The number of nitrogens with zero attached hydrogens (tertiary/aromatic N) is 1. The molecule has 0 fully saturated rings. The third kappa shape index (κ3) is 5.68. The molecule has 0 radical (unpaired) electrons. The van der Waals surface area contributed by atoms with Gasteiger partial charge in [0, 0.05) is 22.5 Å². The highest BCUT2D eigenvalue weighted by Gasteiger charge is 2.49. The summed E-state index contributed by atoms with van der Waals surface area (Å²) in [5.41, 5.74) is 16.1. The summed E-state index contributed by atoms with van der Waals surface area (Å²) in [4.78, 5) is 2.49. The van der Waals surface area contributed by atoms with E-state index in [0.29, 0.717) is 0 Å². The SMILES string of the molecule is Cc1cccc([Si]2(c3cccc(N(c4ccc(-c5ccc6ccccc6c5)cc4)c4ccc5c(c4)C(C)(c4ccccc4)c4ccccc4-5)c3)c3ccccc3-c3ccccc32)c1. The summed E-state index contributed by atoms with van der Waals surface area (Å²) in [5, 5.41) is 8.20. The second kappa shape index (κ2) is 14.5. The molecule has 1 atom stereocenters. The predicted molar refractivity (Wildman–Crippen MR) is 269 cm³/mol. The number of hydrogen-bond donors (Lipinski definition) is 0. The van der Waals surface area contributed by atoms with Crippen LogP contribution in [0.4, 0.5) is 17.1 Å². The van der Waals surface area contributed by atoms with Gasteiger partial charge in [0.25, 0.3) is 0 Å². The standard InChI is InChI=1S/C61H45NSi/c1-42-16-14-22-51(38-42)63(59-28-12-9-25-55(59)56-26-10-13-29-60(56)63)52-23-15-21-49(40-52)62(48-34-32-44(33-35-48)46-31-30-43-17-6-7-18-45(43)39-46)50-36-37-54-53-24-8-11-27-57(53)61(2,58(54)41-50)47-19-4-3-5-20-47/h3-41H,1-2H3. The molecule has 1 heterocycles. The highest BCUT2D eigenvalue weighted by atomic mass is 28.3. The Morgan fingerprint density at radius 1 is 0.365 bits per heavy atom. The first-order chi connectivity index (χ1) is 31.0. The molecule has 0 saturated carbocycles. The third-order valence-corrected chi connectivity index (χ3v) is 18.9.